The largest absolute Gasteiger partial charge is 0.491 e. The van der Waals surface area contributed by atoms with Crippen LogP contribution in [0.1, 0.15) is 25.0 Å². The van der Waals surface area contributed by atoms with Crippen LogP contribution >= 0.6 is 0 Å². The maximum Gasteiger partial charge on any atom is 0.317 e. The van der Waals surface area contributed by atoms with Crippen molar-refractivity contribution >= 4 is 6.03 Å². The predicted molar refractivity (Wildman–Crippen MR) is 98.5 cm³/mol. The van der Waals surface area contributed by atoms with Gasteiger partial charge in [0.1, 0.15) is 5.75 Å². The molecule has 0 aromatic heterocycles. The molecule has 6 nitrogen and oxygen atoms in total. The third-order valence-electron chi connectivity index (χ3n) is 3.92. The summed E-state index contributed by atoms with van der Waals surface area (Å²) < 4.78 is 16.4. The molecule has 0 atom stereocenters. The lowest BCUT2D eigenvalue weighted by molar-refractivity contribution is 0.174. The molecule has 6 heteroatoms. The van der Waals surface area contributed by atoms with Crippen molar-refractivity contribution in [3.8, 4) is 17.2 Å². The van der Waals surface area contributed by atoms with Gasteiger partial charge < -0.3 is 24.4 Å². The fraction of sp³-hybridized carbons (Fsp3) is 0.350. The number of nitrogens with zero attached hydrogens (tertiary/aromatic N) is 1. The van der Waals surface area contributed by atoms with Crippen LogP contribution in [0.5, 0.6) is 17.2 Å². The molecule has 0 fully saturated rings. The average molecular weight is 356 g/mol. The monoisotopic (exact) mass is 356 g/mol. The predicted octanol–water partition coefficient (Wildman–Crippen LogP) is 3.54. The Balaban J connectivity index is 1.53. The standard InChI is InChI=1S/C20H24N2O4/c1-14(2)26-17-6-4-5-15(9-17)11-21-20(23)22(3)12-16-7-8-18-19(10-16)25-13-24-18/h4-10,14H,11-13H2,1-3H3,(H,21,23). The highest BCUT2D eigenvalue weighted by molar-refractivity contribution is 5.73. The average Bonchev–Trinajstić information content (AvgIpc) is 3.07. The summed E-state index contributed by atoms with van der Waals surface area (Å²) in [6, 6.07) is 13.3. The van der Waals surface area contributed by atoms with Crippen molar-refractivity contribution < 1.29 is 19.0 Å². The van der Waals surface area contributed by atoms with Crippen LogP contribution < -0.4 is 19.5 Å². The fourth-order valence-corrected chi connectivity index (χ4v) is 2.70. The highest BCUT2D eigenvalue weighted by Gasteiger charge is 2.15. The van der Waals surface area contributed by atoms with Gasteiger partial charge in [-0.05, 0) is 49.2 Å². The quantitative estimate of drug-likeness (QED) is 0.860. The van der Waals surface area contributed by atoms with E-state index in [9.17, 15) is 4.79 Å². The van der Waals surface area contributed by atoms with Gasteiger partial charge in [0, 0.05) is 20.1 Å². The first-order chi connectivity index (χ1) is 12.5. The second-order valence-electron chi connectivity index (χ2n) is 6.52. The second kappa shape index (κ2) is 7.99. The summed E-state index contributed by atoms with van der Waals surface area (Å²) in [6.07, 6.45) is 0.118. The maximum absolute atomic E-state index is 12.3. The highest BCUT2D eigenvalue weighted by Crippen LogP contribution is 2.32. The van der Waals surface area contributed by atoms with E-state index in [0.29, 0.717) is 13.1 Å². The molecule has 138 valence electrons. The van der Waals surface area contributed by atoms with E-state index in [1.807, 2.05) is 56.3 Å². The smallest absolute Gasteiger partial charge is 0.317 e. The second-order valence-corrected chi connectivity index (χ2v) is 6.52. The first-order valence-electron chi connectivity index (χ1n) is 8.64. The van der Waals surface area contributed by atoms with Crippen LogP contribution in [0.2, 0.25) is 0 Å². The van der Waals surface area contributed by atoms with Gasteiger partial charge in [0.2, 0.25) is 6.79 Å². The van der Waals surface area contributed by atoms with Crippen LogP contribution in [-0.2, 0) is 13.1 Å². The van der Waals surface area contributed by atoms with E-state index < -0.39 is 0 Å². The molecule has 0 unspecified atom stereocenters. The first kappa shape index (κ1) is 17.9. The van der Waals surface area contributed by atoms with Crippen molar-refractivity contribution in [2.45, 2.75) is 33.0 Å². The van der Waals surface area contributed by atoms with Gasteiger partial charge in [-0.1, -0.05) is 18.2 Å². The van der Waals surface area contributed by atoms with E-state index in [2.05, 4.69) is 5.32 Å². The minimum Gasteiger partial charge on any atom is -0.491 e. The third-order valence-corrected chi connectivity index (χ3v) is 3.92. The molecule has 1 N–H and O–H groups in total. The van der Waals surface area contributed by atoms with Crippen molar-refractivity contribution in [1.29, 1.82) is 0 Å². The summed E-state index contributed by atoms with van der Waals surface area (Å²) in [5, 5.41) is 2.93. The fourth-order valence-electron chi connectivity index (χ4n) is 2.70. The number of hydrogen-bond donors (Lipinski definition) is 1. The number of ether oxygens (including phenoxy) is 3. The van der Waals surface area contributed by atoms with Gasteiger partial charge in [-0.15, -0.1) is 0 Å². The molecule has 26 heavy (non-hydrogen) atoms. The SMILES string of the molecule is CC(C)Oc1cccc(CNC(=O)N(C)Cc2ccc3c(c2)OCO3)c1. The van der Waals surface area contributed by atoms with Crippen molar-refractivity contribution in [1.82, 2.24) is 10.2 Å². The third kappa shape index (κ3) is 4.59. The zero-order valence-corrected chi connectivity index (χ0v) is 15.3. The van der Waals surface area contributed by atoms with Gasteiger partial charge in [0.05, 0.1) is 6.10 Å². The number of carbonyl (C=O) groups excluding carboxylic acids is 1. The number of urea groups is 1. The van der Waals surface area contributed by atoms with E-state index in [-0.39, 0.29) is 18.9 Å². The Hall–Kier alpha value is -2.89. The van der Waals surface area contributed by atoms with Gasteiger partial charge in [-0.2, -0.15) is 0 Å². The van der Waals surface area contributed by atoms with E-state index in [0.717, 1.165) is 28.4 Å². The van der Waals surface area contributed by atoms with Crippen molar-refractivity contribution in [2.75, 3.05) is 13.8 Å². The molecule has 0 bridgehead atoms. The molecule has 0 saturated heterocycles. The molecule has 1 aliphatic heterocycles. The minimum atomic E-state index is -0.141. The lowest BCUT2D eigenvalue weighted by atomic mass is 10.2. The Labute approximate surface area is 153 Å². The van der Waals surface area contributed by atoms with Gasteiger partial charge in [0.25, 0.3) is 0 Å². The zero-order valence-electron chi connectivity index (χ0n) is 15.3. The normalized spacial score (nSPS) is 12.2. The van der Waals surface area contributed by atoms with E-state index in [1.54, 1.807) is 11.9 Å². The molecule has 0 aliphatic carbocycles. The van der Waals surface area contributed by atoms with Crippen molar-refractivity contribution in [2.24, 2.45) is 0 Å². The molecule has 1 aliphatic rings. The summed E-state index contributed by atoms with van der Waals surface area (Å²) in [5.41, 5.74) is 1.98. The Bertz CT molecular complexity index is 776. The molecule has 0 radical (unpaired) electrons. The maximum atomic E-state index is 12.3. The van der Waals surface area contributed by atoms with Crippen LogP contribution in [0.3, 0.4) is 0 Å². The minimum absolute atomic E-state index is 0.118. The molecule has 3 rings (SSSR count). The summed E-state index contributed by atoms with van der Waals surface area (Å²) in [4.78, 5) is 14.0. The van der Waals surface area contributed by atoms with Crippen LogP contribution in [0.4, 0.5) is 4.79 Å². The Morgan fingerprint density at radius 2 is 1.96 bits per heavy atom. The van der Waals surface area contributed by atoms with Crippen LogP contribution in [0.25, 0.3) is 0 Å². The summed E-state index contributed by atoms with van der Waals surface area (Å²) >= 11 is 0. The topological polar surface area (TPSA) is 60.0 Å². The van der Waals surface area contributed by atoms with Crippen molar-refractivity contribution in [3.63, 3.8) is 0 Å². The number of benzene rings is 2. The summed E-state index contributed by atoms with van der Waals surface area (Å²) in [6.45, 7) is 5.15. The van der Waals surface area contributed by atoms with Gasteiger partial charge in [-0.3, -0.25) is 0 Å². The molecule has 2 aromatic carbocycles. The highest BCUT2D eigenvalue weighted by atomic mass is 16.7. The Morgan fingerprint density at radius 1 is 1.15 bits per heavy atom. The summed E-state index contributed by atoms with van der Waals surface area (Å²) in [5.74, 6) is 2.27. The van der Waals surface area contributed by atoms with Gasteiger partial charge in [-0.25, -0.2) is 4.79 Å². The Morgan fingerprint density at radius 3 is 2.77 bits per heavy atom. The number of amides is 2. The molecule has 0 spiro atoms. The van der Waals surface area contributed by atoms with E-state index in [4.69, 9.17) is 14.2 Å². The van der Waals surface area contributed by atoms with Crippen molar-refractivity contribution in [3.05, 3.63) is 53.6 Å². The van der Waals surface area contributed by atoms with E-state index >= 15 is 0 Å². The number of nitrogens with one attached hydrogen (secondary N) is 1. The van der Waals surface area contributed by atoms with Crippen LogP contribution in [0.15, 0.2) is 42.5 Å². The van der Waals surface area contributed by atoms with Crippen LogP contribution in [0, 0.1) is 0 Å². The molecular weight excluding hydrogens is 332 g/mol. The first-order valence-corrected chi connectivity index (χ1v) is 8.64. The molecule has 2 amide bonds. The van der Waals surface area contributed by atoms with Crippen LogP contribution in [-0.4, -0.2) is 30.9 Å². The van der Waals surface area contributed by atoms with Gasteiger partial charge in [0.15, 0.2) is 11.5 Å². The number of rotatable bonds is 6. The molecule has 0 saturated carbocycles. The lowest BCUT2D eigenvalue weighted by Gasteiger charge is -2.18. The Kier molecular flexibility index (Phi) is 5.51. The molecule has 2 aromatic rings. The molecular formula is C20H24N2O4. The zero-order chi connectivity index (χ0) is 18.5. The number of fused-ring (bicyclic) bond motifs is 1. The summed E-state index contributed by atoms with van der Waals surface area (Å²) in [7, 11) is 1.76. The number of hydrogen-bond acceptors (Lipinski definition) is 4. The van der Waals surface area contributed by atoms with Gasteiger partial charge >= 0.3 is 6.03 Å². The lowest BCUT2D eigenvalue weighted by Crippen LogP contribution is -2.36. The molecule has 1 heterocycles. The van der Waals surface area contributed by atoms with E-state index in [1.165, 1.54) is 0 Å². The number of carbonyl (C=O) groups is 1.